The Balaban J connectivity index is 1.71. The van der Waals surface area contributed by atoms with Crippen LogP contribution in [-0.2, 0) is 11.3 Å². The molecule has 2 amide bonds. The van der Waals surface area contributed by atoms with Crippen LogP contribution in [0.3, 0.4) is 0 Å². The van der Waals surface area contributed by atoms with Crippen LogP contribution in [0.2, 0.25) is 0 Å². The molecule has 4 nitrogen and oxygen atoms in total. The molecule has 0 spiro atoms. The molecule has 0 atom stereocenters. The molecule has 0 bridgehead atoms. The number of ether oxygens (including phenoxy) is 1. The van der Waals surface area contributed by atoms with Crippen molar-refractivity contribution in [3.8, 4) is 0 Å². The maximum Gasteiger partial charge on any atom is 0.315 e. The monoisotopic (exact) mass is 276 g/mol. The van der Waals surface area contributed by atoms with Crippen LogP contribution in [0.25, 0.3) is 0 Å². The standard InChI is InChI=1S/C16H24N2O2/c1-13-4-6-14(7-5-13)10-17-15(19)18-11-16(12-20-2)8-3-9-16/h4-7H,3,8-12H2,1-2H3,(H2,17,18,19). The van der Waals surface area contributed by atoms with E-state index in [1.54, 1.807) is 7.11 Å². The summed E-state index contributed by atoms with van der Waals surface area (Å²) in [7, 11) is 1.72. The fourth-order valence-electron chi connectivity index (χ4n) is 2.57. The van der Waals surface area contributed by atoms with Gasteiger partial charge in [0.1, 0.15) is 0 Å². The zero-order chi connectivity index (χ0) is 14.4. The first-order chi connectivity index (χ1) is 9.63. The normalized spacial score (nSPS) is 16.3. The van der Waals surface area contributed by atoms with E-state index >= 15 is 0 Å². The molecule has 0 radical (unpaired) electrons. The minimum atomic E-state index is -0.104. The summed E-state index contributed by atoms with van der Waals surface area (Å²) in [5.74, 6) is 0. The number of aryl methyl sites for hydroxylation is 1. The summed E-state index contributed by atoms with van der Waals surface area (Å²) < 4.78 is 5.25. The van der Waals surface area contributed by atoms with Crippen LogP contribution in [0.4, 0.5) is 4.79 Å². The predicted molar refractivity (Wildman–Crippen MR) is 79.6 cm³/mol. The van der Waals surface area contributed by atoms with Gasteiger partial charge in [-0.3, -0.25) is 0 Å². The quantitative estimate of drug-likeness (QED) is 0.839. The minimum absolute atomic E-state index is 0.104. The first-order valence-electron chi connectivity index (χ1n) is 7.20. The maximum atomic E-state index is 11.8. The van der Waals surface area contributed by atoms with Gasteiger partial charge in [0.05, 0.1) is 6.61 Å². The predicted octanol–water partition coefficient (Wildman–Crippen LogP) is 2.61. The second kappa shape index (κ2) is 6.75. The first-order valence-corrected chi connectivity index (χ1v) is 7.20. The highest BCUT2D eigenvalue weighted by atomic mass is 16.5. The third kappa shape index (κ3) is 3.97. The van der Waals surface area contributed by atoms with E-state index in [0.29, 0.717) is 13.1 Å². The van der Waals surface area contributed by atoms with Crippen molar-refractivity contribution in [2.75, 3.05) is 20.3 Å². The van der Waals surface area contributed by atoms with Gasteiger partial charge in [-0.15, -0.1) is 0 Å². The molecule has 1 aliphatic rings. The molecule has 1 aromatic carbocycles. The zero-order valence-electron chi connectivity index (χ0n) is 12.4. The Kier molecular flexibility index (Phi) is 5.01. The Morgan fingerprint density at radius 3 is 2.50 bits per heavy atom. The Labute approximate surface area is 120 Å². The van der Waals surface area contributed by atoms with E-state index in [1.165, 1.54) is 12.0 Å². The van der Waals surface area contributed by atoms with Crippen molar-refractivity contribution in [2.45, 2.75) is 32.7 Å². The number of hydrogen-bond donors (Lipinski definition) is 2. The van der Waals surface area contributed by atoms with Crippen molar-refractivity contribution >= 4 is 6.03 Å². The van der Waals surface area contributed by atoms with Crippen molar-refractivity contribution in [1.82, 2.24) is 10.6 Å². The third-order valence-corrected chi connectivity index (χ3v) is 4.06. The molecular formula is C16H24N2O2. The number of carbonyl (C=O) groups is 1. The van der Waals surface area contributed by atoms with Gasteiger partial charge in [-0.2, -0.15) is 0 Å². The SMILES string of the molecule is COCC1(CNC(=O)NCc2ccc(C)cc2)CCC1. The number of benzene rings is 1. The molecule has 1 aromatic rings. The molecule has 110 valence electrons. The summed E-state index contributed by atoms with van der Waals surface area (Å²) in [6.07, 6.45) is 3.51. The molecule has 0 aliphatic heterocycles. The van der Waals surface area contributed by atoms with Crippen LogP contribution in [0, 0.1) is 12.3 Å². The Morgan fingerprint density at radius 1 is 1.25 bits per heavy atom. The molecule has 1 aliphatic carbocycles. The average molecular weight is 276 g/mol. The highest BCUT2D eigenvalue weighted by molar-refractivity contribution is 5.73. The molecule has 0 aromatic heterocycles. The van der Waals surface area contributed by atoms with Crippen LogP contribution in [0.5, 0.6) is 0 Å². The Hall–Kier alpha value is -1.55. The lowest BCUT2D eigenvalue weighted by Gasteiger charge is -2.41. The second-order valence-electron chi connectivity index (χ2n) is 5.81. The van der Waals surface area contributed by atoms with Gasteiger partial charge in [-0.05, 0) is 25.3 Å². The van der Waals surface area contributed by atoms with E-state index in [4.69, 9.17) is 4.74 Å². The number of nitrogens with one attached hydrogen (secondary N) is 2. The lowest BCUT2D eigenvalue weighted by molar-refractivity contribution is 0.0200. The molecule has 2 N–H and O–H groups in total. The van der Waals surface area contributed by atoms with Crippen molar-refractivity contribution in [3.05, 3.63) is 35.4 Å². The molecule has 0 heterocycles. The van der Waals surface area contributed by atoms with Crippen LogP contribution in [0.15, 0.2) is 24.3 Å². The van der Waals surface area contributed by atoms with Gasteiger partial charge < -0.3 is 15.4 Å². The second-order valence-corrected chi connectivity index (χ2v) is 5.81. The number of urea groups is 1. The van der Waals surface area contributed by atoms with E-state index in [0.717, 1.165) is 25.0 Å². The van der Waals surface area contributed by atoms with Gasteiger partial charge in [0.15, 0.2) is 0 Å². The summed E-state index contributed by atoms with van der Waals surface area (Å²) in [6, 6.07) is 8.07. The molecular weight excluding hydrogens is 252 g/mol. The van der Waals surface area contributed by atoms with E-state index in [2.05, 4.69) is 29.7 Å². The lowest BCUT2D eigenvalue weighted by Crippen LogP contribution is -2.47. The molecule has 1 saturated carbocycles. The van der Waals surface area contributed by atoms with Gasteiger partial charge in [-0.1, -0.05) is 36.2 Å². The topological polar surface area (TPSA) is 50.4 Å². The summed E-state index contributed by atoms with van der Waals surface area (Å²) in [5.41, 5.74) is 2.50. The zero-order valence-corrected chi connectivity index (χ0v) is 12.4. The molecule has 20 heavy (non-hydrogen) atoms. The summed E-state index contributed by atoms with van der Waals surface area (Å²) in [6.45, 7) is 4.03. The third-order valence-electron chi connectivity index (χ3n) is 4.06. The number of carbonyl (C=O) groups excluding carboxylic acids is 1. The summed E-state index contributed by atoms with van der Waals surface area (Å²) in [4.78, 5) is 11.8. The first kappa shape index (κ1) is 14.9. The van der Waals surface area contributed by atoms with Crippen molar-refractivity contribution in [3.63, 3.8) is 0 Å². The van der Waals surface area contributed by atoms with Gasteiger partial charge in [0, 0.05) is 25.6 Å². The van der Waals surface area contributed by atoms with Crippen LogP contribution >= 0.6 is 0 Å². The van der Waals surface area contributed by atoms with Crippen LogP contribution in [-0.4, -0.2) is 26.3 Å². The van der Waals surface area contributed by atoms with Gasteiger partial charge in [0.2, 0.25) is 0 Å². The van der Waals surface area contributed by atoms with Gasteiger partial charge in [0.25, 0.3) is 0 Å². The van der Waals surface area contributed by atoms with Crippen LogP contribution < -0.4 is 10.6 Å². The molecule has 4 heteroatoms. The van der Waals surface area contributed by atoms with Crippen molar-refractivity contribution in [1.29, 1.82) is 0 Å². The van der Waals surface area contributed by atoms with Gasteiger partial charge >= 0.3 is 6.03 Å². The van der Waals surface area contributed by atoms with E-state index in [-0.39, 0.29) is 11.4 Å². The average Bonchev–Trinajstić information content (AvgIpc) is 2.41. The molecule has 0 saturated heterocycles. The number of methoxy groups -OCH3 is 1. The highest BCUT2D eigenvalue weighted by Crippen LogP contribution is 2.40. The fourth-order valence-corrected chi connectivity index (χ4v) is 2.57. The molecule has 1 fully saturated rings. The lowest BCUT2D eigenvalue weighted by atomic mass is 9.69. The largest absolute Gasteiger partial charge is 0.384 e. The smallest absolute Gasteiger partial charge is 0.315 e. The fraction of sp³-hybridized carbons (Fsp3) is 0.562. The summed E-state index contributed by atoms with van der Waals surface area (Å²) in [5, 5.41) is 5.85. The Morgan fingerprint density at radius 2 is 1.95 bits per heavy atom. The maximum absolute atomic E-state index is 11.8. The minimum Gasteiger partial charge on any atom is -0.384 e. The van der Waals surface area contributed by atoms with E-state index in [1.807, 2.05) is 12.1 Å². The molecule has 2 rings (SSSR count). The number of hydrogen-bond acceptors (Lipinski definition) is 2. The van der Waals surface area contributed by atoms with Crippen molar-refractivity contribution < 1.29 is 9.53 Å². The number of amides is 2. The summed E-state index contributed by atoms with van der Waals surface area (Å²) >= 11 is 0. The van der Waals surface area contributed by atoms with Gasteiger partial charge in [-0.25, -0.2) is 4.79 Å². The van der Waals surface area contributed by atoms with Crippen LogP contribution in [0.1, 0.15) is 30.4 Å². The van der Waals surface area contributed by atoms with E-state index < -0.39 is 0 Å². The number of rotatable bonds is 6. The molecule has 0 unspecified atom stereocenters. The highest BCUT2D eigenvalue weighted by Gasteiger charge is 2.37. The van der Waals surface area contributed by atoms with E-state index in [9.17, 15) is 4.79 Å². The van der Waals surface area contributed by atoms with Crippen molar-refractivity contribution in [2.24, 2.45) is 5.41 Å². The Bertz CT molecular complexity index is 438.